The van der Waals surface area contributed by atoms with Gasteiger partial charge in [-0.15, -0.1) is 19.0 Å². The first-order valence-electron chi connectivity index (χ1n) is 0.986. The molecule has 0 aromatic heterocycles. The summed E-state index contributed by atoms with van der Waals surface area (Å²) in [6.45, 7) is 5.25. The topological polar surface area (TPSA) is 0 Å². The molecule has 0 nitrogen and oxygen atoms in total. The second kappa shape index (κ2) is 18.6. The van der Waals surface area contributed by atoms with Gasteiger partial charge in [-0.25, -0.2) is 0 Å². The molecule has 0 aliphatic rings. The van der Waals surface area contributed by atoms with E-state index in [9.17, 15) is 0 Å². The molecule has 0 aliphatic carbocycles. The molecule has 0 N–H and O–H groups in total. The first-order chi connectivity index (χ1) is 1.41. The van der Waals surface area contributed by atoms with Crippen LogP contribution in [0.4, 0.5) is 0 Å². The molecule has 0 saturated heterocycles. The van der Waals surface area contributed by atoms with Crippen molar-refractivity contribution < 1.29 is 0 Å². The van der Waals surface area contributed by atoms with Crippen LogP contribution in [-0.4, -0.2) is 37.7 Å². The summed E-state index contributed by atoms with van der Waals surface area (Å²) in [6.07, 6.45) is 1.75. The SMILES string of the molecule is C=CC.Cl.[CaH2]. The molecular weight excluding hydrogens is 112 g/mol. The minimum absolute atomic E-state index is 0. The molecule has 0 saturated carbocycles. The van der Waals surface area contributed by atoms with Crippen LogP contribution in [0.15, 0.2) is 12.7 Å². The second-order valence-corrected chi connectivity index (χ2v) is 0.408. The van der Waals surface area contributed by atoms with Crippen molar-refractivity contribution in [3.8, 4) is 0 Å². The Morgan fingerprint density at radius 2 is 1.60 bits per heavy atom. The third-order valence-electron chi connectivity index (χ3n) is 0. The molecule has 0 radical (unpaired) electrons. The Bertz CT molecular complexity index is 14.4. The molecule has 0 aromatic carbocycles. The van der Waals surface area contributed by atoms with Crippen molar-refractivity contribution in [1.82, 2.24) is 0 Å². The quantitative estimate of drug-likeness (QED) is 0.326. The summed E-state index contributed by atoms with van der Waals surface area (Å²) < 4.78 is 0. The Kier molecular flexibility index (Phi) is 60.4. The van der Waals surface area contributed by atoms with Gasteiger partial charge in [-0.3, -0.25) is 0 Å². The molecule has 0 amide bonds. The van der Waals surface area contributed by atoms with Gasteiger partial charge in [-0.1, -0.05) is 6.08 Å². The summed E-state index contributed by atoms with van der Waals surface area (Å²) in [5.74, 6) is 0. The van der Waals surface area contributed by atoms with E-state index < -0.39 is 0 Å². The van der Waals surface area contributed by atoms with Crippen LogP contribution in [-0.2, 0) is 0 Å². The van der Waals surface area contributed by atoms with Crippen LogP contribution in [0.2, 0.25) is 0 Å². The molecular formula is C3H9CaCl. The monoisotopic (exact) mass is 120 g/mol. The van der Waals surface area contributed by atoms with Crippen molar-refractivity contribution in [2.24, 2.45) is 0 Å². The van der Waals surface area contributed by atoms with E-state index in [0.717, 1.165) is 0 Å². The molecule has 0 heterocycles. The zero-order valence-electron chi connectivity index (χ0n) is 2.69. The fraction of sp³-hybridized carbons (Fsp3) is 0.333. The van der Waals surface area contributed by atoms with Crippen molar-refractivity contribution in [2.45, 2.75) is 6.92 Å². The van der Waals surface area contributed by atoms with E-state index >= 15 is 0 Å². The van der Waals surface area contributed by atoms with E-state index in [1.807, 2.05) is 6.92 Å². The fourth-order valence-electron chi connectivity index (χ4n) is 0. The summed E-state index contributed by atoms with van der Waals surface area (Å²) in [7, 11) is 0. The molecule has 0 bridgehead atoms. The number of hydrogen-bond donors (Lipinski definition) is 0. The van der Waals surface area contributed by atoms with Gasteiger partial charge >= 0.3 is 37.7 Å². The molecule has 0 spiro atoms. The van der Waals surface area contributed by atoms with Gasteiger partial charge in [-0.05, 0) is 6.92 Å². The van der Waals surface area contributed by atoms with Gasteiger partial charge in [0.15, 0.2) is 0 Å². The van der Waals surface area contributed by atoms with E-state index in [1.54, 1.807) is 6.08 Å². The van der Waals surface area contributed by atoms with Crippen LogP contribution in [0, 0.1) is 0 Å². The van der Waals surface area contributed by atoms with Crippen molar-refractivity contribution in [3.05, 3.63) is 12.7 Å². The summed E-state index contributed by atoms with van der Waals surface area (Å²) >= 11 is 0. The number of hydrogen-bond acceptors (Lipinski definition) is 0. The Labute approximate surface area is 69.0 Å². The zero-order chi connectivity index (χ0) is 2.71. The molecule has 0 aliphatic heterocycles. The van der Waals surface area contributed by atoms with E-state index in [-0.39, 0.29) is 50.1 Å². The van der Waals surface area contributed by atoms with E-state index in [0.29, 0.717) is 0 Å². The summed E-state index contributed by atoms with van der Waals surface area (Å²) in [5.41, 5.74) is 0. The minimum atomic E-state index is 0. The first-order valence-corrected chi connectivity index (χ1v) is 0.986. The van der Waals surface area contributed by atoms with Gasteiger partial charge in [0.2, 0.25) is 0 Å². The Morgan fingerprint density at radius 3 is 1.60 bits per heavy atom. The first kappa shape index (κ1) is 16.3. The van der Waals surface area contributed by atoms with Crippen LogP contribution in [0.5, 0.6) is 0 Å². The van der Waals surface area contributed by atoms with Gasteiger partial charge in [0.25, 0.3) is 0 Å². The normalized spacial score (nSPS) is 2.60. The van der Waals surface area contributed by atoms with E-state index in [4.69, 9.17) is 0 Å². The van der Waals surface area contributed by atoms with Crippen molar-refractivity contribution in [1.29, 1.82) is 0 Å². The van der Waals surface area contributed by atoms with Crippen LogP contribution < -0.4 is 0 Å². The van der Waals surface area contributed by atoms with Gasteiger partial charge in [0.1, 0.15) is 0 Å². The molecule has 0 unspecified atom stereocenters. The average Bonchev–Trinajstić information content (AvgIpc) is 0.918. The van der Waals surface area contributed by atoms with Crippen molar-refractivity contribution in [2.75, 3.05) is 0 Å². The predicted octanol–water partition coefficient (Wildman–Crippen LogP) is 0.698. The molecule has 0 atom stereocenters. The maximum atomic E-state index is 3.36. The Morgan fingerprint density at radius 1 is 1.60 bits per heavy atom. The Hall–Kier alpha value is 1.29. The summed E-state index contributed by atoms with van der Waals surface area (Å²) in [4.78, 5) is 0. The Balaban J connectivity index is -0.0000000200. The number of rotatable bonds is 0. The summed E-state index contributed by atoms with van der Waals surface area (Å²) in [5, 5.41) is 0. The second-order valence-electron chi connectivity index (χ2n) is 0.408. The van der Waals surface area contributed by atoms with Crippen LogP contribution in [0.3, 0.4) is 0 Å². The third-order valence-corrected chi connectivity index (χ3v) is 0. The molecule has 5 heavy (non-hydrogen) atoms. The zero-order valence-corrected chi connectivity index (χ0v) is 3.51. The van der Waals surface area contributed by atoms with Crippen molar-refractivity contribution >= 4 is 50.1 Å². The third kappa shape index (κ3) is 34.4. The summed E-state index contributed by atoms with van der Waals surface area (Å²) in [6, 6.07) is 0. The van der Waals surface area contributed by atoms with Crippen LogP contribution in [0.25, 0.3) is 0 Å². The molecule has 0 rings (SSSR count). The van der Waals surface area contributed by atoms with Crippen LogP contribution in [0.1, 0.15) is 6.92 Å². The number of halogens is 1. The average molecular weight is 121 g/mol. The van der Waals surface area contributed by atoms with Crippen molar-refractivity contribution in [3.63, 3.8) is 0 Å². The van der Waals surface area contributed by atoms with E-state index in [1.165, 1.54) is 0 Å². The number of allylic oxidation sites excluding steroid dienone is 1. The van der Waals surface area contributed by atoms with Crippen LogP contribution >= 0.6 is 12.4 Å². The molecule has 0 fully saturated rings. The van der Waals surface area contributed by atoms with Gasteiger partial charge in [0, 0.05) is 0 Å². The van der Waals surface area contributed by atoms with Gasteiger partial charge in [0.05, 0.1) is 0 Å². The van der Waals surface area contributed by atoms with Gasteiger partial charge < -0.3 is 0 Å². The molecule has 30 valence electrons. The predicted molar refractivity (Wildman–Crippen MR) is 31.7 cm³/mol. The fourth-order valence-corrected chi connectivity index (χ4v) is 0. The van der Waals surface area contributed by atoms with E-state index in [2.05, 4.69) is 6.58 Å². The molecule has 2 heteroatoms. The standard InChI is InChI=1S/C3H6.Ca.ClH.2H/c1-3-2;;;;/h3H,1H2,2H3;;1H;;. The maximum absolute atomic E-state index is 3.36. The molecule has 0 aromatic rings. The van der Waals surface area contributed by atoms with Gasteiger partial charge in [-0.2, -0.15) is 0 Å².